The number of hydrogen-bond donors (Lipinski definition) is 2. The molecule has 0 spiro atoms. The monoisotopic (exact) mass is 462 g/mol. The van der Waals surface area contributed by atoms with Gasteiger partial charge in [-0.25, -0.2) is 0 Å². The largest absolute Gasteiger partial charge is 0.494 e. The Morgan fingerprint density at radius 3 is 2.85 bits per heavy atom. The summed E-state index contributed by atoms with van der Waals surface area (Å²) >= 11 is 0. The summed E-state index contributed by atoms with van der Waals surface area (Å²) < 4.78 is 16.5. The van der Waals surface area contributed by atoms with E-state index in [1.165, 1.54) is 26.6 Å². The van der Waals surface area contributed by atoms with Crippen LogP contribution in [0.3, 0.4) is 0 Å². The normalized spacial score (nSPS) is 15.7. The Hall–Kier alpha value is -4.07. The number of carbonyl (C=O) groups is 2. The van der Waals surface area contributed by atoms with Gasteiger partial charge in [0.25, 0.3) is 0 Å². The highest BCUT2D eigenvalue weighted by Crippen LogP contribution is 2.34. The number of ketones is 1. The Morgan fingerprint density at radius 1 is 1.26 bits per heavy atom. The Balaban J connectivity index is 1.73. The van der Waals surface area contributed by atoms with Crippen molar-refractivity contribution in [2.75, 3.05) is 13.7 Å². The van der Waals surface area contributed by atoms with Crippen LogP contribution >= 0.6 is 0 Å². The zero-order valence-corrected chi connectivity index (χ0v) is 19.1. The van der Waals surface area contributed by atoms with Gasteiger partial charge in [-0.3, -0.25) is 14.6 Å². The number of H-pyrrole nitrogens is 1. The van der Waals surface area contributed by atoms with Crippen LogP contribution in [0.1, 0.15) is 48.5 Å². The van der Waals surface area contributed by atoms with Crippen LogP contribution in [0.15, 0.2) is 71.0 Å². The number of aromatic hydroxyl groups is 1. The quantitative estimate of drug-likeness (QED) is 0.252. The second-order valence-corrected chi connectivity index (χ2v) is 7.94. The molecule has 1 aromatic carbocycles. The van der Waals surface area contributed by atoms with E-state index in [4.69, 9.17) is 14.2 Å². The molecule has 0 saturated carbocycles. The van der Waals surface area contributed by atoms with Crippen LogP contribution in [-0.2, 0) is 19.0 Å². The molecule has 1 aromatic heterocycles. The summed E-state index contributed by atoms with van der Waals surface area (Å²) in [4.78, 5) is 31.1. The first-order valence-electron chi connectivity index (χ1n) is 11.0. The van der Waals surface area contributed by atoms with Gasteiger partial charge in [0.05, 0.1) is 12.7 Å². The van der Waals surface area contributed by atoms with Gasteiger partial charge in [0.1, 0.15) is 18.2 Å². The van der Waals surface area contributed by atoms with E-state index < -0.39 is 0 Å². The van der Waals surface area contributed by atoms with E-state index in [1.54, 1.807) is 18.2 Å². The maximum absolute atomic E-state index is 12.0. The molecule has 2 aliphatic rings. The van der Waals surface area contributed by atoms with Crippen molar-refractivity contribution in [1.82, 2.24) is 4.98 Å². The lowest BCUT2D eigenvalue weighted by Crippen LogP contribution is -2.14. The number of aromatic amines is 1. The minimum absolute atomic E-state index is 0.0934. The molecular formula is C26H26N2O6. The number of hydrogen-bond acceptors (Lipinski definition) is 7. The van der Waals surface area contributed by atoms with E-state index in [1.807, 2.05) is 12.2 Å². The highest BCUT2D eigenvalue weighted by Gasteiger charge is 2.26. The van der Waals surface area contributed by atoms with Crippen LogP contribution in [0.5, 0.6) is 5.88 Å². The highest BCUT2D eigenvalue weighted by molar-refractivity contribution is 6.20. The molecule has 1 aliphatic heterocycles. The van der Waals surface area contributed by atoms with Gasteiger partial charge in [0.15, 0.2) is 23.2 Å². The van der Waals surface area contributed by atoms with Crippen molar-refractivity contribution in [3.63, 3.8) is 0 Å². The minimum Gasteiger partial charge on any atom is -0.494 e. The number of aliphatic imine (C=N–C) groups is 1. The zero-order valence-electron chi connectivity index (χ0n) is 19.1. The second-order valence-electron chi connectivity index (χ2n) is 7.94. The Labute approximate surface area is 196 Å². The number of nitrogens with zero attached hydrogens (tertiary/aromatic N) is 1. The minimum atomic E-state index is -0.322. The summed E-state index contributed by atoms with van der Waals surface area (Å²) in [5.41, 5.74) is 2.89. The maximum Gasteiger partial charge on any atom is 0.305 e. The third kappa shape index (κ3) is 4.96. The molecule has 8 heteroatoms. The molecule has 0 bridgehead atoms. The van der Waals surface area contributed by atoms with Gasteiger partial charge < -0.3 is 24.3 Å². The summed E-state index contributed by atoms with van der Waals surface area (Å²) in [5, 5.41) is 11.4. The lowest BCUT2D eigenvalue weighted by atomic mass is 10.0. The summed E-state index contributed by atoms with van der Waals surface area (Å²) in [6.07, 6.45) is 11.3. The van der Waals surface area contributed by atoms with E-state index in [2.05, 4.69) is 16.1 Å². The van der Waals surface area contributed by atoms with Crippen molar-refractivity contribution in [3.8, 4) is 5.88 Å². The lowest BCUT2D eigenvalue weighted by molar-refractivity contribution is -0.140. The molecule has 0 fully saturated rings. The van der Waals surface area contributed by atoms with Crippen molar-refractivity contribution in [2.45, 2.75) is 32.6 Å². The first-order valence-corrected chi connectivity index (χ1v) is 11.0. The van der Waals surface area contributed by atoms with E-state index >= 15 is 0 Å². The van der Waals surface area contributed by atoms with Crippen molar-refractivity contribution in [3.05, 3.63) is 77.2 Å². The van der Waals surface area contributed by atoms with Crippen LogP contribution in [0.25, 0.3) is 10.9 Å². The van der Waals surface area contributed by atoms with Crippen LogP contribution in [0, 0.1) is 0 Å². The Bertz CT molecular complexity index is 1280. The predicted molar refractivity (Wildman–Crippen MR) is 127 cm³/mol. The van der Waals surface area contributed by atoms with E-state index in [0.717, 1.165) is 18.4 Å². The fourth-order valence-corrected chi connectivity index (χ4v) is 3.81. The van der Waals surface area contributed by atoms with E-state index in [0.29, 0.717) is 45.7 Å². The van der Waals surface area contributed by atoms with Crippen molar-refractivity contribution in [2.24, 2.45) is 4.99 Å². The SMILES string of the molecule is COC(=O)CCCN=C(C1=COC=C(C2=CC=CCC2)O1)c1c(O)[nH]c2ccc(C(C)=O)cc12. The molecule has 8 nitrogen and oxygen atoms in total. The number of allylic oxidation sites excluding steroid dienone is 5. The number of esters is 1. The number of Topliss-reactive ketones (excluding diaryl/α,β-unsaturated/α-hetero) is 1. The number of nitrogens with one attached hydrogen (secondary N) is 1. The molecule has 0 atom stereocenters. The highest BCUT2D eigenvalue weighted by atomic mass is 16.5. The topological polar surface area (TPSA) is 110 Å². The number of aromatic nitrogens is 1. The number of ether oxygens (including phenoxy) is 3. The van der Waals surface area contributed by atoms with Gasteiger partial charge in [-0.15, -0.1) is 0 Å². The van der Waals surface area contributed by atoms with Crippen molar-refractivity contribution < 1.29 is 28.9 Å². The van der Waals surface area contributed by atoms with Crippen LogP contribution < -0.4 is 0 Å². The lowest BCUT2D eigenvalue weighted by Gasteiger charge is -2.20. The van der Waals surface area contributed by atoms with Gasteiger partial charge in [-0.1, -0.05) is 18.2 Å². The first-order chi connectivity index (χ1) is 16.5. The molecule has 0 radical (unpaired) electrons. The molecular weight excluding hydrogens is 436 g/mol. The molecule has 0 amide bonds. The number of methoxy groups -OCH3 is 1. The average molecular weight is 463 g/mol. The van der Waals surface area contributed by atoms with Crippen LogP contribution in [-0.4, -0.2) is 41.2 Å². The smallest absolute Gasteiger partial charge is 0.305 e. The van der Waals surface area contributed by atoms with E-state index in [9.17, 15) is 14.7 Å². The van der Waals surface area contributed by atoms with Crippen molar-refractivity contribution in [1.29, 1.82) is 0 Å². The second kappa shape index (κ2) is 10.2. The molecule has 4 rings (SSSR count). The summed E-state index contributed by atoms with van der Waals surface area (Å²) in [7, 11) is 1.34. The Kier molecular flexibility index (Phi) is 6.96. The van der Waals surface area contributed by atoms with Gasteiger partial charge in [-0.05, 0) is 50.0 Å². The fourth-order valence-electron chi connectivity index (χ4n) is 3.81. The number of benzene rings is 1. The number of fused-ring (bicyclic) bond motifs is 1. The van der Waals surface area contributed by atoms with Gasteiger partial charge in [0, 0.05) is 29.4 Å². The molecule has 1 aliphatic carbocycles. The van der Waals surface area contributed by atoms with Crippen molar-refractivity contribution >= 4 is 28.4 Å². The third-order valence-corrected chi connectivity index (χ3v) is 5.59. The molecule has 176 valence electrons. The zero-order chi connectivity index (χ0) is 24.1. The number of rotatable bonds is 8. The molecule has 2 aromatic rings. The molecule has 0 saturated heterocycles. The summed E-state index contributed by atoms with van der Waals surface area (Å²) in [5.74, 6) is 0.354. The first kappa shape index (κ1) is 23.1. The summed E-state index contributed by atoms with van der Waals surface area (Å²) in [6, 6.07) is 5.14. The molecule has 2 heterocycles. The van der Waals surface area contributed by atoms with E-state index in [-0.39, 0.29) is 30.6 Å². The third-order valence-electron chi connectivity index (χ3n) is 5.59. The standard InChI is InChI=1S/C26H26N2O6/c1-16(29)18-10-11-20-19(13-18)24(26(31)28-20)25(27-12-6-9-23(30)32-2)22-15-33-14-21(34-22)17-7-4-3-5-8-17/h3-4,7,10-11,13-15,28,31H,5-6,8-9,12H2,1-2H3. The van der Waals surface area contributed by atoms with Crippen LogP contribution in [0.2, 0.25) is 0 Å². The van der Waals surface area contributed by atoms with Crippen LogP contribution in [0.4, 0.5) is 0 Å². The molecule has 34 heavy (non-hydrogen) atoms. The maximum atomic E-state index is 12.0. The van der Waals surface area contributed by atoms with Gasteiger partial charge in [0.2, 0.25) is 0 Å². The van der Waals surface area contributed by atoms with Gasteiger partial charge in [-0.2, -0.15) is 0 Å². The molecule has 0 unspecified atom stereocenters. The summed E-state index contributed by atoms with van der Waals surface area (Å²) in [6.45, 7) is 1.77. The number of carbonyl (C=O) groups excluding carboxylic acids is 2. The average Bonchev–Trinajstić information content (AvgIpc) is 3.19. The molecule has 2 N–H and O–H groups in total. The predicted octanol–water partition coefficient (Wildman–Crippen LogP) is 4.82. The fraction of sp³-hybridized carbons (Fsp3) is 0.269. The Morgan fingerprint density at radius 2 is 2.12 bits per heavy atom. The van der Waals surface area contributed by atoms with Gasteiger partial charge >= 0.3 is 5.97 Å².